The molecule has 144 valence electrons. The normalized spacial score (nSPS) is 14.2. The molecular formula is C20H16F2N2O4. The van der Waals surface area contributed by atoms with E-state index in [2.05, 4.69) is 10.3 Å². The molecule has 4 rings (SSSR count). The zero-order chi connectivity index (χ0) is 19.9. The van der Waals surface area contributed by atoms with Crippen LogP contribution in [0.4, 0.5) is 14.6 Å². The number of aromatic nitrogens is 1. The monoisotopic (exact) mass is 386 g/mol. The zero-order valence-electron chi connectivity index (χ0n) is 14.7. The van der Waals surface area contributed by atoms with Gasteiger partial charge in [-0.15, -0.1) is 0 Å². The SMILES string of the molecule is Cc1cc2c(cc1-c1ccc(NCc3c(F)cccc3F)nc1)OC(O)(O)O2. The van der Waals surface area contributed by atoms with Crippen LogP contribution in [0.2, 0.25) is 0 Å². The van der Waals surface area contributed by atoms with E-state index in [9.17, 15) is 19.0 Å². The average Bonchev–Trinajstić information content (AvgIpc) is 2.94. The average molecular weight is 386 g/mol. The first-order valence-electron chi connectivity index (χ1n) is 8.43. The highest BCUT2D eigenvalue weighted by molar-refractivity contribution is 5.71. The molecule has 0 bridgehead atoms. The van der Waals surface area contributed by atoms with Gasteiger partial charge in [0, 0.05) is 23.9 Å². The highest BCUT2D eigenvalue weighted by Crippen LogP contribution is 2.42. The second-order valence-electron chi connectivity index (χ2n) is 6.35. The lowest BCUT2D eigenvalue weighted by Crippen LogP contribution is -2.37. The van der Waals surface area contributed by atoms with Gasteiger partial charge in [0.25, 0.3) is 0 Å². The highest BCUT2D eigenvalue weighted by Gasteiger charge is 2.38. The summed E-state index contributed by atoms with van der Waals surface area (Å²) in [5.74, 6) is -0.366. The van der Waals surface area contributed by atoms with Crippen molar-refractivity contribution in [3.05, 3.63) is 71.4 Å². The van der Waals surface area contributed by atoms with E-state index in [-0.39, 0.29) is 23.6 Å². The van der Waals surface area contributed by atoms with Crippen LogP contribution in [0.15, 0.2) is 48.7 Å². The number of aryl methyl sites for hydroxylation is 1. The van der Waals surface area contributed by atoms with Crippen molar-refractivity contribution in [1.82, 2.24) is 4.98 Å². The van der Waals surface area contributed by atoms with E-state index in [0.29, 0.717) is 5.82 Å². The van der Waals surface area contributed by atoms with E-state index in [0.717, 1.165) is 16.7 Å². The number of hydrogen-bond acceptors (Lipinski definition) is 6. The number of halogens is 2. The lowest BCUT2D eigenvalue weighted by molar-refractivity contribution is -0.385. The summed E-state index contributed by atoms with van der Waals surface area (Å²) in [7, 11) is 0. The Balaban J connectivity index is 1.53. The molecule has 8 heteroatoms. The summed E-state index contributed by atoms with van der Waals surface area (Å²) < 4.78 is 37.2. The van der Waals surface area contributed by atoms with Crippen LogP contribution in [0.5, 0.6) is 11.5 Å². The molecule has 0 amide bonds. The van der Waals surface area contributed by atoms with Crippen LogP contribution >= 0.6 is 0 Å². The molecule has 0 saturated carbocycles. The van der Waals surface area contributed by atoms with Crippen LogP contribution in [-0.2, 0) is 6.54 Å². The second kappa shape index (κ2) is 6.74. The van der Waals surface area contributed by atoms with E-state index in [1.165, 1.54) is 18.2 Å². The summed E-state index contributed by atoms with van der Waals surface area (Å²) in [6.07, 6.45) is -1.09. The molecule has 1 aliphatic rings. The molecule has 2 heterocycles. The number of nitrogens with zero attached hydrogens (tertiary/aromatic N) is 1. The minimum Gasteiger partial charge on any atom is -0.403 e. The van der Waals surface area contributed by atoms with E-state index in [1.807, 2.05) is 6.92 Å². The summed E-state index contributed by atoms with van der Waals surface area (Å²) in [5.41, 5.74) is 2.27. The fraction of sp³-hybridized carbons (Fsp3) is 0.150. The van der Waals surface area contributed by atoms with Crippen LogP contribution in [0.25, 0.3) is 11.1 Å². The smallest absolute Gasteiger partial charge is 0.403 e. The highest BCUT2D eigenvalue weighted by atomic mass is 19.1. The van der Waals surface area contributed by atoms with E-state index in [4.69, 9.17) is 9.47 Å². The minimum atomic E-state index is -2.68. The lowest BCUT2D eigenvalue weighted by Gasteiger charge is -2.10. The van der Waals surface area contributed by atoms with Crippen molar-refractivity contribution in [2.75, 3.05) is 5.32 Å². The lowest BCUT2D eigenvalue weighted by atomic mass is 10.0. The summed E-state index contributed by atoms with van der Waals surface area (Å²) in [4.78, 5) is 4.27. The molecule has 0 spiro atoms. The first-order valence-corrected chi connectivity index (χ1v) is 8.43. The third-order valence-electron chi connectivity index (χ3n) is 4.36. The molecular weight excluding hydrogens is 370 g/mol. The molecule has 0 aliphatic carbocycles. The van der Waals surface area contributed by atoms with Gasteiger partial charge < -0.3 is 14.8 Å². The van der Waals surface area contributed by atoms with Crippen LogP contribution in [0.3, 0.4) is 0 Å². The Labute approximate surface area is 159 Å². The van der Waals surface area contributed by atoms with Crippen LogP contribution in [0.1, 0.15) is 11.1 Å². The third-order valence-corrected chi connectivity index (χ3v) is 4.36. The number of rotatable bonds is 4. The van der Waals surface area contributed by atoms with E-state index >= 15 is 0 Å². The summed E-state index contributed by atoms with van der Waals surface area (Å²) in [6.45, 7) is 1.80. The van der Waals surface area contributed by atoms with Gasteiger partial charge in [0.2, 0.25) is 0 Å². The van der Waals surface area contributed by atoms with Gasteiger partial charge in [-0.3, -0.25) is 10.2 Å². The molecule has 0 saturated heterocycles. The molecule has 0 radical (unpaired) electrons. The van der Waals surface area contributed by atoms with Gasteiger partial charge in [-0.1, -0.05) is 6.07 Å². The van der Waals surface area contributed by atoms with Crippen molar-refractivity contribution in [2.24, 2.45) is 0 Å². The summed E-state index contributed by atoms with van der Waals surface area (Å²) >= 11 is 0. The Morgan fingerprint density at radius 3 is 2.36 bits per heavy atom. The number of hydrogen-bond donors (Lipinski definition) is 3. The molecule has 3 aromatic rings. The first kappa shape index (κ1) is 18.1. The third kappa shape index (κ3) is 3.47. The number of anilines is 1. The Hall–Kier alpha value is -3.23. The van der Waals surface area contributed by atoms with Gasteiger partial charge in [-0.25, -0.2) is 13.8 Å². The summed E-state index contributed by atoms with van der Waals surface area (Å²) in [6, 6.07) is 10.4. The maximum atomic E-state index is 13.7. The second-order valence-corrected chi connectivity index (χ2v) is 6.35. The maximum absolute atomic E-state index is 13.7. The number of pyridine rings is 1. The number of aliphatic hydroxyl groups is 2. The Bertz CT molecular complexity index is 1020. The maximum Gasteiger partial charge on any atom is 0.505 e. The molecule has 0 unspecified atom stereocenters. The van der Waals surface area contributed by atoms with Crippen LogP contribution in [-0.4, -0.2) is 21.4 Å². The van der Waals surface area contributed by atoms with Crippen molar-refractivity contribution < 1.29 is 28.5 Å². The number of ether oxygens (including phenoxy) is 2. The Morgan fingerprint density at radius 1 is 1.04 bits per heavy atom. The molecule has 6 nitrogen and oxygen atoms in total. The van der Waals surface area contributed by atoms with E-state index in [1.54, 1.807) is 30.5 Å². The molecule has 28 heavy (non-hydrogen) atoms. The topological polar surface area (TPSA) is 83.8 Å². The molecule has 0 fully saturated rings. The largest absolute Gasteiger partial charge is 0.505 e. The summed E-state index contributed by atoms with van der Waals surface area (Å²) in [5, 5.41) is 21.8. The predicted octanol–water partition coefficient (Wildman–Crippen LogP) is 3.31. The number of benzene rings is 2. The van der Waals surface area contributed by atoms with Crippen molar-refractivity contribution in [3.63, 3.8) is 0 Å². The fourth-order valence-corrected chi connectivity index (χ4v) is 2.98. The van der Waals surface area contributed by atoms with Gasteiger partial charge in [-0.2, -0.15) is 0 Å². The fourth-order valence-electron chi connectivity index (χ4n) is 2.98. The number of nitrogens with one attached hydrogen (secondary N) is 1. The number of fused-ring (bicyclic) bond motifs is 1. The minimum absolute atomic E-state index is 0.0387. The van der Waals surface area contributed by atoms with Crippen molar-refractivity contribution in [1.29, 1.82) is 0 Å². The molecule has 1 aromatic heterocycles. The standard InChI is InChI=1S/C20H16F2N2O4/c1-11-7-17-18(28-20(25,26)27-17)8-13(11)12-5-6-19(23-9-12)24-10-14-15(21)3-2-4-16(14)22/h2-9,25-26H,10H2,1H3,(H,23,24). The molecule has 0 atom stereocenters. The first-order chi connectivity index (χ1) is 13.3. The van der Waals surface area contributed by atoms with Crippen LogP contribution in [0, 0.1) is 18.6 Å². The Kier molecular flexibility index (Phi) is 4.37. The van der Waals surface area contributed by atoms with Crippen molar-refractivity contribution >= 4 is 5.82 Å². The van der Waals surface area contributed by atoms with Gasteiger partial charge in [0.05, 0.1) is 0 Å². The quantitative estimate of drug-likeness (QED) is 0.597. The molecule has 3 N–H and O–H groups in total. The molecule has 1 aliphatic heterocycles. The van der Waals surface area contributed by atoms with Gasteiger partial charge >= 0.3 is 6.16 Å². The molecule has 2 aromatic carbocycles. The van der Waals surface area contributed by atoms with Crippen molar-refractivity contribution in [2.45, 2.75) is 19.6 Å². The van der Waals surface area contributed by atoms with Gasteiger partial charge in [0.1, 0.15) is 17.5 Å². The van der Waals surface area contributed by atoms with Gasteiger partial charge in [-0.05, 0) is 54.4 Å². The van der Waals surface area contributed by atoms with Crippen molar-refractivity contribution in [3.8, 4) is 22.6 Å². The van der Waals surface area contributed by atoms with Crippen LogP contribution < -0.4 is 14.8 Å². The zero-order valence-corrected chi connectivity index (χ0v) is 14.7. The Morgan fingerprint density at radius 2 is 1.71 bits per heavy atom. The van der Waals surface area contributed by atoms with E-state index < -0.39 is 17.8 Å². The predicted molar refractivity (Wildman–Crippen MR) is 96.5 cm³/mol. The van der Waals surface area contributed by atoms with Gasteiger partial charge in [0.15, 0.2) is 11.5 Å².